The number of aliphatic hydroxyl groups is 1. The molecule has 1 saturated heterocycles. The molecule has 0 amide bonds. The van der Waals surface area contributed by atoms with Gasteiger partial charge in [0.15, 0.2) is 0 Å². The fourth-order valence-corrected chi connectivity index (χ4v) is 2.14. The summed E-state index contributed by atoms with van der Waals surface area (Å²) in [6.45, 7) is 3.79. The summed E-state index contributed by atoms with van der Waals surface area (Å²) in [5.41, 5.74) is -0.347. The second-order valence-corrected chi connectivity index (χ2v) is 4.01. The second-order valence-electron chi connectivity index (χ2n) is 4.01. The summed E-state index contributed by atoms with van der Waals surface area (Å²) in [5, 5.41) is 9.94. The standard InChI is InChI=1S/C9H16O2/c1-7-5-9(7,10)8-3-2-4-11-6-8/h7-8,10H,2-6H2,1H3. The van der Waals surface area contributed by atoms with Crippen molar-refractivity contribution in [2.24, 2.45) is 11.8 Å². The molecule has 2 aliphatic rings. The molecule has 11 heavy (non-hydrogen) atoms. The van der Waals surface area contributed by atoms with Crippen molar-refractivity contribution in [1.29, 1.82) is 0 Å². The predicted molar refractivity (Wildman–Crippen MR) is 42.3 cm³/mol. The molecule has 64 valence electrons. The molecule has 2 rings (SSSR count). The minimum atomic E-state index is -0.347. The highest BCUT2D eigenvalue weighted by atomic mass is 16.5. The van der Waals surface area contributed by atoms with Crippen molar-refractivity contribution < 1.29 is 9.84 Å². The van der Waals surface area contributed by atoms with Crippen LogP contribution in [0.25, 0.3) is 0 Å². The minimum absolute atomic E-state index is 0.347. The first kappa shape index (κ1) is 7.56. The summed E-state index contributed by atoms with van der Waals surface area (Å²) in [4.78, 5) is 0. The fourth-order valence-electron chi connectivity index (χ4n) is 2.14. The highest BCUT2D eigenvalue weighted by Crippen LogP contribution is 2.50. The Morgan fingerprint density at radius 2 is 2.27 bits per heavy atom. The van der Waals surface area contributed by atoms with Crippen molar-refractivity contribution in [1.82, 2.24) is 0 Å². The minimum Gasteiger partial charge on any atom is -0.389 e. The molecule has 1 N–H and O–H groups in total. The maximum atomic E-state index is 9.94. The zero-order chi connectivity index (χ0) is 7.90. The Hall–Kier alpha value is -0.0800. The van der Waals surface area contributed by atoms with E-state index in [2.05, 4.69) is 6.92 Å². The molecule has 2 fully saturated rings. The predicted octanol–water partition coefficient (Wildman–Crippen LogP) is 1.18. The molecule has 0 aromatic heterocycles. The molecule has 2 heteroatoms. The second kappa shape index (κ2) is 2.46. The van der Waals surface area contributed by atoms with Gasteiger partial charge in [0.2, 0.25) is 0 Å². The average molecular weight is 156 g/mol. The van der Waals surface area contributed by atoms with Crippen molar-refractivity contribution in [3.05, 3.63) is 0 Å². The SMILES string of the molecule is CC1CC1(O)C1CCCOC1. The Morgan fingerprint density at radius 3 is 2.73 bits per heavy atom. The average Bonchev–Trinajstić information content (AvgIpc) is 2.64. The molecular weight excluding hydrogens is 140 g/mol. The van der Waals surface area contributed by atoms with Gasteiger partial charge >= 0.3 is 0 Å². The van der Waals surface area contributed by atoms with E-state index in [1.807, 2.05) is 0 Å². The van der Waals surface area contributed by atoms with E-state index in [9.17, 15) is 5.11 Å². The van der Waals surface area contributed by atoms with Gasteiger partial charge in [0, 0.05) is 12.5 Å². The van der Waals surface area contributed by atoms with Gasteiger partial charge < -0.3 is 9.84 Å². The van der Waals surface area contributed by atoms with Crippen LogP contribution in [-0.4, -0.2) is 23.9 Å². The lowest BCUT2D eigenvalue weighted by Gasteiger charge is -2.27. The van der Waals surface area contributed by atoms with E-state index in [-0.39, 0.29) is 5.60 Å². The van der Waals surface area contributed by atoms with Gasteiger partial charge in [-0.1, -0.05) is 6.92 Å². The zero-order valence-electron chi connectivity index (χ0n) is 7.05. The van der Waals surface area contributed by atoms with Gasteiger partial charge in [-0.3, -0.25) is 0 Å². The summed E-state index contributed by atoms with van der Waals surface area (Å²) in [6.07, 6.45) is 3.27. The van der Waals surface area contributed by atoms with Crippen molar-refractivity contribution in [3.63, 3.8) is 0 Å². The monoisotopic (exact) mass is 156 g/mol. The van der Waals surface area contributed by atoms with Crippen LogP contribution < -0.4 is 0 Å². The molecule has 2 nitrogen and oxygen atoms in total. The molecule has 0 bridgehead atoms. The Bertz CT molecular complexity index is 152. The van der Waals surface area contributed by atoms with Crippen LogP contribution in [0.3, 0.4) is 0 Å². The molecule has 1 aliphatic carbocycles. The molecule has 0 aromatic carbocycles. The summed E-state index contributed by atoms with van der Waals surface area (Å²) in [6, 6.07) is 0. The summed E-state index contributed by atoms with van der Waals surface area (Å²) >= 11 is 0. The first-order valence-electron chi connectivity index (χ1n) is 4.53. The smallest absolute Gasteiger partial charge is 0.0727 e. The Labute approximate surface area is 67.6 Å². The van der Waals surface area contributed by atoms with E-state index in [0.29, 0.717) is 11.8 Å². The number of hydrogen-bond acceptors (Lipinski definition) is 2. The van der Waals surface area contributed by atoms with Crippen molar-refractivity contribution >= 4 is 0 Å². The summed E-state index contributed by atoms with van der Waals surface area (Å²) in [7, 11) is 0. The normalized spacial score (nSPS) is 50.7. The molecule has 1 saturated carbocycles. The van der Waals surface area contributed by atoms with E-state index >= 15 is 0 Å². The Balaban J connectivity index is 1.94. The van der Waals surface area contributed by atoms with Crippen LogP contribution in [0.1, 0.15) is 26.2 Å². The maximum Gasteiger partial charge on any atom is 0.0727 e. The molecule has 1 aliphatic heterocycles. The lowest BCUT2D eigenvalue weighted by atomic mass is 9.92. The van der Waals surface area contributed by atoms with E-state index < -0.39 is 0 Å². The lowest BCUT2D eigenvalue weighted by Crippen LogP contribution is -2.31. The summed E-state index contributed by atoms with van der Waals surface area (Å²) < 4.78 is 5.34. The third-order valence-corrected chi connectivity index (χ3v) is 3.19. The highest BCUT2D eigenvalue weighted by molar-refractivity contribution is 5.05. The molecule has 3 atom stereocenters. The molecular formula is C9H16O2. The van der Waals surface area contributed by atoms with Gasteiger partial charge in [-0.15, -0.1) is 0 Å². The van der Waals surface area contributed by atoms with Crippen LogP contribution in [0.4, 0.5) is 0 Å². The maximum absolute atomic E-state index is 9.94. The molecule has 0 spiro atoms. The van der Waals surface area contributed by atoms with Gasteiger partial charge in [-0.25, -0.2) is 0 Å². The van der Waals surface area contributed by atoms with Crippen LogP contribution in [-0.2, 0) is 4.74 Å². The first-order valence-corrected chi connectivity index (χ1v) is 4.53. The Kier molecular flexibility index (Phi) is 1.69. The first-order chi connectivity index (χ1) is 5.23. The van der Waals surface area contributed by atoms with E-state index in [1.54, 1.807) is 0 Å². The van der Waals surface area contributed by atoms with Crippen LogP contribution in [0.15, 0.2) is 0 Å². The van der Waals surface area contributed by atoms with Crippen LogP contribution in [0, 0.1) is 11.8 Å². The van der Waals surface area contributed by atoms with Crippen LogP contribution >= 0.6 is 0 Å². The van der Waals surface area contributed by atoms with E-state index in [4.69, 9.17) is 4.74 Å². The van der Waals surface area contributed by atoms with Gasteiger partial charge in [-0.2, -0.15) is 0 Å². The highest BCUT2D eigenvalue weighted by Gasteiger charge is 2.55. The van der Waals surface area contributed by atoms with Crippen molar-refractivity contribution in [3.8, 4) is 0 Å². The molecule has 3 unspecified atom stereocenters. The molecule has 1 heterocycles. The van der Waals surface area contributed by atoms with Gasteiger partial charge in [0.05, 0.1) is 12.2 Å². The quantitative estimate of drug-likeness (QED) is 0.618. The van der Waals surface area contributed by atoms with E-state index in [1.165, 1.54) is 0 Å². The molecule has 0 radical (unpaired) electrons. The van der Waals surface area contributed by atoms with Gasteiger partial charge in [-0.05, 0) is 25.2 Å². The third kappa shape index (κ3) is 1.18. The fraction of sp³-hybridized carbons (Fsp3) is 1.00. The molecule has 0 aromatic rings. The number of ether oxygens (including phenoxy) is 1. The topological polar surface area (TPSA) is 29.5 Å². The van der Waals surface area contributed by atoms with E-state index in [0.717, 1.165) is 32.5 Å². The largest absolute Gasteiger partial charge is 0.389 e. The van der Waals surface area contributed by atoms with Gasteiger partial charge in [0.1, 0.15) is 0 Å². The van der Waals surface area contributed by atoms with Crippen molar-refractivity contribution in [2.75, 3.05) is 13.2 Å². The van der Waals surface area contributed by atoms with Gasteiger partial charge in [0.25, 0.3) is 0 Å². The Morgan fingerprint density at radius 1 is 1.55 bits per heavy atom. The number of hydrogen-bond donors (Lipinski definition) is 1. The summed E-state index contributed by atoms with van der Waals surface area (Å²) in [5.74, 6) is 0.931. The van der Waals surface area contributed by atoms with Crippen LogP contribution in [0.5, 0.6) is 0 Å². The lowest BCUT2D eigenvalue weighted by molar-refractivity contribution is -0.0286. The van der Waals surface area contributed by atoms with Crippen LogP contribution in [0.2, 0.25) is 0 Å². The number of rotatable bonds is 1. The zero-order valence-corrected chi connectivity index (χ0v) is 7.05. The third-order valence-electron chi connectivity index (χ3n) is 3.19. The van der Waals surface area contributed by atoms with Crippen molar-refractivity contribution in [2.45, 2.75) is 31.8 Å².